The SMILES string of the molecule is CCS(=O)(=O)NCC[C@H](C)c1ccc(OC)cc1. The smallest absolute Gasteiger partial charge is 0.211 e. The van der Waals surface area contributed by atoms with Crippen molar-refractivity contribution in [1.29, 1.82) is 0 Å². The second-order valence-electron chi connectivity index (χ2n) is 4.26. The van der Waals surface area contributed by atoms with Gasteiger partial charge in [0, 0.05) is 6.54 Å². The lowest BCUT2D eigenvalue weighted by Gasteiger charge is -2.12. The zero-order valence-corrected chi connectivity index (χ0v) is 12.0. The highest BCUT2D eigenvalue weighted by molar-refractivity contribution is 7.89. The largest absolute Gasteiger partial charge is 0.497 e. The van der Waals surface area contributed by atoms with Crippen LogP contribution in [0.4, 0.5) is 0 Å². The van der Waals surface area contributed by atoms with E-state index >= 15 is 0 Å². The molecule has 0 aliphatic rings. The fourth-order valence-corrected chi connectivity index (χ4v) is 2.27. The molecule has 0 saturated heterocycles. The van der Waals surface area contributed by atoms with Gasteiger partial charge in [-0.15, -0.1) is 0 Å². The highest BCUT2D eigenvalue weighted by atomic mass is 32.2. The summed E-state index contributed by atoms with van der Waals surface area (Å²) in [5, 5.41) is 0. The molecular formula is C13H21NO3S. The minimum Gasteiger partial charge on any atom is -0.497 e. The molecule has 1 rings (SSSR count). The highest BCUT2D eigenvalue weighted by Gasteiger charge is 2.09. The third kappa shape index (κ3) is 4.66. The molecule has 0 amide bonds. The van der Waals surface area contributed by atoms with Crippen molar-refractivity contribution < 1.29 is 13.2 Å². The lowest BCUT2D eigenvalue weighted by Crippen LogP contribution is -2.26. The van der Waals surface area contributed by atoms with Crippen molar-refractivity contribution in [2.24, 2.45) is 0 Å². The highest BCUT2D eigenvalue weighted by Crippen LogP contribution is 2.21. The van der Waals surface area contributed by atoms with E-state index in [1.807, 2.05) is 24.3 Å². The van der Waals surface area contributed by atoms with E-state index in [2.05, 4.69) is 11.6 Å². The molecule has 5 heteroatoms. The van der Waals surface area contributed by atoms with Gasteiger partial charge in [-0.3, -0.25) is 0 Å². The summed E-state index contributed by atoms with van der Waals surface area (Å²) in [7, 11) is -1.44. The standard InChI is InChI=1S/C13H21NO3S/c1-4-18(15,16)14-10-9-11(2)12-5-7-13(17-3)8-6-12/h5-8,11,14H,4,9-10H2,1-3H3/t11-/m0/s1. The Morgan fingerprint density at radius 1 is 1.28 bits per heavy atom. The first-order valence-electron chi connectivity index (χ1n) is 6.09. The van der Waals surface area contributed by atoms with E-state index in [9.17, 15) is 8.42 Å². The molecule has 102 valence electrons. The van der Waals surface area contributed by atoms with E-state index in [1.54, 1.807) is 14.0 Å². The van der Waals surface area contributed by atoms with Crippen LogP contribution < -0.4 is 9.46 Å². The van der Waals surface area contributed by atoms with E-state index in [0.717, 1.165) is 12.2 Å². The number of nitrogens with one attached hydrogen (secondary N) is 1. The van der Waals surface area contributed by atoms with Crippen molar-refractivity contribution in [3.8, 4) is 5.75 Å². The Labute approximate surface area is 109 Å². The van der Waals surface area contributed by atoms with Crippen LogP contribution in [0, 0.1) is 0 Å². The number of hydrogen-bond acceptors (Lipinski definition) is 3. The third-order valence-electron chi connectivity index (χ3n) is 2.96. The maximum atomic E-state index is 11.3. The van der Waals surface area contributed by atoms with Gasteiger partial charge in [0.25, 0.3) is 0 Å². The predicted octanol–water partition coefficient (Wildman–Crippen LogP) is 2.13. The molecular weight excluding hydrogens is 250 g/mol. The summed E-state index contributed by atoms with van der Waals surface area (Å²) < 4.78 is 30.2. The van der Waals surface area contributed by atoms with Crippen molar-refractivity contribution in [1.82, 2.24) is 4.72 Å². The number of benzene rings is 1. The fraction of sp³-hybridized carbons (Fsp3) is 0.538. The van der Waals surface area contributed by atoms with Gasteiger partial charge in [0.2, 0.25) is 10.0 Å². The second kappa shape index (κ2) is 6.75. The summed E-state index contributed by atoms with van der Waals surface area (Å²) in [4.78, 5) is 0. The minimum atomic E-state index is -3.08. The molecule has 0 heterocycles. The normalized spacial score (nSPS) is 13.3. The summed E-state index contributed by atoms with van der Waals surface area (Å²) in [5.41, 5.74) is 1.19. The van der Waals surface area contributed by atoms with Crippen LogP contribution in [0.3, 0.4) is 0 Å². The Bertz CT molecular complexity index is 454. The van der Waals surface area contributed by atoms with Crippen molar-refractivity contribution in [2.45, 2.75) is 26.2 Å². The Morgan fingerprint density at radius 2 is 1.89 bits per heavy atom. The lowest BCUT2D eigenvalue weighted by molar-refractivity contribution is 0.414. The van der Waals surface area contributed by atoms with Crippen molar-refractivity contribution in [2.75, 3.05) is 19.4 Å². The van der Waals surface area contributed by atoms with Gasteiger partial charge >= 0.3 is 0 Å². The first-order valence-corrected chi connectivity index (χ1v) is 7.75. The number of hydrogen-bond donors (Lipinski definition) is 1. The summed E-state index contributed by atoms with van der Waals surface area (Å²) in [6.07, 6.45) is 0.783. The molecule has 18 heavy (non-hydrogen) atoms. The average Bonchev–Trinajstić information content (AvgIpc) is 2.38. The maximum Gasteiger partial charge on any atom is 0.211 e. The number of methoxy groups -OCH3 is 1. The van der Waals surface area contributed by atoms with Crippen LogP contribution in [0.15, 0.2) is 24.3 Å². The molecule has 1 aromatic carbocycles. The van der Waals surface area contributed by atoms with Crippen LogP contribution in [0.1, 0.15) is 31.7 Å². The predicted molar refractivity (Wildman–Crippen MR) is 73.5 cm³/mol. The monoisotopic (exact) mass is 271 g/mol. The van der Waals surface area contributed by atoms with Gasteiger partial charge in [-0.2, -0.15) is 0 Å². The fourth-order valence-electron chi connectivity index (χ4n) is 1.63. The summed E-state index contributed by atoms with van der Waals surface area (Å²) in [6, 6.07) is 7.86. The Morgan fingerprint density at radius 3 is 2.39 bits per heavy atom. The Hall–Kier alpha value is -1.07. The zero-order valence-electron chi connectivity index (χ0n) is 11.1. The van der Waals surface area contributed by atoms with Crippen molar-refractivity contribution in [3.05, 3.63) is 29.8 Å². The van der Waals surface area contributed by atoms with Gasteiger partial charge in [0.05, 0.1) is 12.9 Å². The van der Waals surface area contributed by atoms with Crippen molar-refractivity contribution in [3.63, 3.8) is 0 Å². The third-order valence-corrected chi connectivity index (χ3v) is 4.37. The molecule has 0 fully saturated rings. The van der Waals surface area contributed by atoms with Crippen LogP contribution in [0.25, 0.3) is 0 Å². The van der Waals surface area contributed by atoms with E-state index in [0.29, 0.717) is 12.5 Å². The molecule has 0 saturated carbocycles. The van der Waals surface area contributed by atoms with E-state index < -0.39 is 10.0 Å². The molecule has 0 spiro atoms. The Kier molecular flexibility index (Phi) is 5.62. The molecule has 4 nitrogen and oxygen atoms in total. The number of rotatable bonds is 7. The summed E-state index contributed by atoms with van der Waals surface area (Å²) in [6.45, 7) is 4.20. The zero-order chi connectivity index (χ0) is 13.6. The van der Waals surface area contributed by atoms with Crippen LogP contribution >= 0.6 is 0 Å². The number of ether oxygens (including phenoxy) is 1. The second-order valence-corrected chi connectivity index (χ2v) is 6.36. The van der Waals surface area contributed by atoms with Crippen LogP contribution in [-0.2, 0) is 10.0 Å². The molecule has 0 radical (unpaired) electrons. The van der Waals surface area contributed by atoms with Crippen LogP contribution in [-0.4, -0.2) is 27.8 Å². The molecule has 1 aromatic rings. The topological polar surface area (TPSA) is 55.4 Å². The average molecular weight is 271 g/mol. The molecule has 0 aliphatic carbocycles. The van der Waals surface area contributed by atoms with Gasteiger partial charge < -0.3 is 4.74 Å². The molecule has 1 N–H and O–H groups in total. The first-order chi connectivity index (χ1) is 8.48. The van der Waals surface area contributed by atoms with Gasteiger partial charge in [-0.1, -0.05) is 19.1 Å². The lowest BCUT2D eigenvalue weighted by atomic mass is 9.98. The number of sulfonamides is 1. The molecule has 0 aliphatic heterocycles. The molecule has 0 bridgehead atoms. The molecule has 0 unspecified atom stereocenters. The minimum absolute atomic E-state index is 0.129. The summed E-state index contributed by atoms with van der Waals surface area (Å²) in [5.74, 6) is 1.28. The van der Waals surface area contributed by atoms with Gasteiger partial charge in [-0.25, -0.2) is 13.1 Å². The van der Waals surface area contributed by atoms with E-state index in [1.165, 1.54) is 5.56 Å². The van der Waals surface area contributed by atoms with Gasteiger partial charge in [-0.05, 0) is 37.0 Å². The summed E-state index contributed by atoms with van der Waals surface area (Å²) >= 11 is 0. The molecule has 1 atom stereocenters. The van der Waals surface area contributed by atoms with E-state index in [-0.39, 0.29) is 5.75 Å². The van der Waals surface area contributed by atoms with Gasteiger partial charge in [0.1, 0.15) is 5.75 Å². The first kappa shape index (κ1) is 15.0. The van der Waals surface area contributed by atoms with Crippen molar-refractivity contribution >= 4 is 10.0 Å². The molecule has 0 aromatic heterocycles. The Balaban J connectivity index is 2.47. The quantitative estimate of drug-likeness (QED) is 0.826. The van der Waals surface area contributed by atoms with E-state index in [4.69, 9.17) is 4.74 Å². The van der Waals surface area contributed by atoms with Crippen LogP contribution in [0.5, 0.6) is 5.75 Å². The maximum absolute atomic E-state index is 11.3. The van der Waals surface area contributed by atoms with Crippen LogP contribution in [0.2, 0.25) is 0 Å². The van der Waals surface area contributed by atoms with Gasteiger partial charge in [0.15, 0.2) is 0 Å².